The van der Waals surface area contributed by atoms with Crippen LogP contribution in [0.5, 0.6) is 5.75 Å². The first-order valence-electron chi connectivity index (χ1n) is 8.18. The lowest BCUT2D eigenvalue weighted by atomic mass is 10.3. The number of rotatable bonds is 6. The van der Waals surface area contributed by atoms with Gasteiger partial charge in [0.25, 0.3) is 10.0 Å². The van der Waals surface area contributed by atoms with E-state index in [1.807, 2.05) is 0 Å². The Labute approximate surface area is 158 Å². The summed E-state index contributed by atoms with van der Waals surface area (Å²) in [5, 5.41) is 0. The van der Waals surface area contributed by atoms with Crippen LogP contribution in [0.1, 0.15) is 0 Å². The standard InChI is InChI=1S/C17H20N2O6S2/c1-24-16-7-2-3-8-17(16)26(20,21)18-14-5-4-6-15(13-14)27(22,23)19-9-11-25-12-10-19/h2-8,13,18H,9-12H2,1H3. The van der Waals surface area contributed by atoms with Crippen LogP contribution in [0.4, 0.5) is 5.69 Å². The number of hydrogen-bond acceptors (Lipinski definition) is 6. The molecule has 1 saturated heterocycles. The second-order valence-electron chi connectivity index (χ2n) is 5.80. The molecule has 0 bridgehead atoms. The van der Waals surface area contributed by atoms with Crippen LogP contribution >= 0.6 is 0 Å². The Hall–Kier alpha value is -2.14. The molecular weight excluding hydrogens is 392 g/mol. The first-order valence-corrected chi connectivity index (χ1v) is 11.1. The van der Waals surface area contributed by atoms with Gasteiger partial charge in [0.05, 0.1) is 30.9 Å². The maximum absolute atomic E-state index is 12.7. The number of nitrogens with one attached hydrogen (secondary N) is 1. The van der Waals surface area contributed by atoms with Crippen molar-refractivity contribution in [2.45, 2.75) is 9.79 Å². The lowest BCUT2D eigenvalue weighted by molar-refractivity contribution is 0.0730. The molecule has 0 amide bonds. The molecule has 146 valence electrons. The number of nitrogens with zero attached hydrogens (tertiary/aromatic N) is 1. The van der Waals surface area contributed by atoms with Crippen molar-refractivity contribution in [3.05, 3.63) is 48.5 Å². The molecule has 8 nitrogen and oxygen atoms in total. The Morgan fingerprint density at radius 1 is 1.00 bits per heavy atom. The van der Waals surface area contributed by atoms with Gasteiger partial charge in [0.1, 0.15) is 10.6 Å². The molecule has 0 radical (unpaired) electrons. The highest BCUT2D eigenvalue weighted by molar-refractivity contribution is 7.92. The van der Waals surface area contributed by atoms with Crippen molar-refractivity contribution in [1.29, 1.82) is 0 Å². The van der Waals surface area contributed by atoms with Crippen molar-refractivity contribution >= 4 is 25.7 Å². The molecule has 2 aromatic carbocycles. The van der Waals surface area contributed by atoms with Gasteiger partial charge in [-0.25, -0.2) is 16.8 Å². The molecule has 3 rings (SSSR count). The van der Waals surface area contributed by atoms with Crippen molar-refractivity contribution in [2.75, 3.05) is 38.1 Å². The van der Waals surface area contributed by atoms with E-state index in [0.29, 0.717) is 13.2 Å². The molecule has 0 unspecified atom stereocenters. The van der Waals surface area contributed by atoms with Crippen LogP contribution < -0.4 is 9.46 Å². The maximum Gasteiger partial charge on any atom is 0.265 e. The van der Waals surface area contributed by atoms with E-state index in [1.54, 1.807) is 12.1 Å². The zero-order valence-electron chi connectivity index (χ0n) is 14.7. The van der Waals surface area contributed by atoms with E-state index in [0.717, 1.165) is 0 Å². The maximum atomic E-state index is 12.7. The second kappa shape index (κ2) is 7.85. The SMILES string of the molecule is COc1ccccc1S(=O)(=O)Nc1cccc(S(=O)(=O)N2CCOCC2)c1. The van der Waals surface area contributed by atoms with E-state index in [2.05, 4.69) is 4.72 Å². The Kier molecular flexibility index (Phi) is 5.70. The summed E-state index contributed by atoms with van der Waals surface area (Å²) in [5.74, 6) is 0.196. The zero-order valence-corrected chi connectivity index (χ0v) is 16.3. The summed E-state index contributed by atoms with van der Waals surface area (Å²) in [6.45, 7) is 1.19. The molecule has 1 fully saturated rings. The van der Waals surface area contributed by atoms with Gasteiger partial charge in [-0.1, -0.05) is 18.2 Å². The summed E-state index contributed by atoms with van der Waals surface area (Å²) in [5.41, 5.74) is 0.148. The molecule has 10 heteroatoms. The predicted molar refractivity (Wildman–Crippen MR) is 99.8 cm³/mol. The average molecular weight is 412 g/mol. The Morgan fingerprint density at radius 2 is 1.70 bits per heavy atom. The third-order valence-corrected chi connectivity index (χ3v) is 7.37. The number of hydrogen-bond donors (Lipinski definition) is 1. The van der Waals surface area contributed by atoms with Gasteiger partial charge in [-0.15, -0.1) is 0 Å². The van der Waals surface area contributed by atoms with Crippen molar-refractivity contribution in [3.8, 4) is 5.75 Å². The summed E-state index contributed by atoms with van der Waals surface area (Å²) in [6.07, 6.45) is 0. The Bertz CT molecular complexity index is 1020. The van der Waals surface area contributed by atoms with Gasteiger partial charge < -0.3 is 9.47 Å². The van der Waals surface area contributed by atoms with Crippen LogP contribution in [0.3, 0.4) is 0 Å². The molecule has 0 spiro atoms. The first kappa shape index (κ1) is 19.6. The Morgan fingerprint density at radius 3 is 2.41 bits per heavy atom. The molecule has 1 aliphatic heterocycles. The minimum Gasteiger partial charge on any atom is -0.495 e. The van der Waals surface area contributed by atoms with Gasteiger partial charge in [0.15, 0.2) is 0 Å². The minimum absolute atomic E-state index is 0.0182. The van der Waals surface area contributed by atoms with Crippen molar-refractivity contribution in [3.63, 3.8) is 0 Å². The summed E-state index contributed by atoms with van der Waals surface area (Å²) in [6, 6.07) is 11.9. The molecule has 0 aliphatic carbocycles. The van der Waals surface area contributed by atoms with Gasteiger partial charge in [0.2, 0.25) is 10.0 Å². The largest absolute Gasteiger partial charge is 0.495 e. The van der Waals surface area contributed by atoms with Crippen molar-refractivity contribution in [2.24, 2.45) is 0 Å². The summed E-state index contributed by atoms with van der Waals surface area (Å²) in [7, 11) is -6.29. The zero-order chi connectivity index (χ0) is 19.5. The normalized spacial score (nSPS) is 16.0. The topological polar surface area (TPSA) is 102 Å². The van der Waals surface area contributed by atoms with Gasteiger partial charge >= 0.3 is 0 Å². The van der Waals surface area contributed by atoms with Crippen molar-refractivity contribution < 1.29 is 26.3 Å². The fourth-order valence-electron chi connectivity index (χ4n) is 2.71. The smallest absolute Gasteiger partial charge is 0.265 e. The highest BCUT2D eigenvalue weighted by atomic mass is 32.2. The number of ether oxygens (including phenoxy) is 2. The van der Waals surface area contributed by atoms with E-state index in [-0.39, 0.29) is 34.3 Å². The fourth-order valence-corrected chi connectivity index (χ4v) is 5.38. The van der Waals surface area contributed by atoms with E-state index in [1.165, 1.54) is 47.8 Å². The van der Waals surface area contributed by atoms with E-state index in [4.69, 9.17) is 9.47 Å². The second-order valence-corrected chi connectivity index (χ2v) is 9.39. The quantitative estimate of drug-likeness (QED) is 0.772. The summed E-state index contributed by atoms with van der Waals surface area (Å²) in [4.78, 5) is -0.0152. The Balaban J connectivity index is 1.90. The summed E-state index contributed by atoms with van der Waals surface area (Å²) >= 11 is 0. The van der Waals surface area contributed by atoms with Gasteiger partial charge in [0, 0.05) is 13.1 Å². The number of anilines is 1. The third-order valence-electron chi connectivity index (χ3n) is 4.05. The number of morpholine rings is 1. The number of para-hydroxylation sites is 1. The van der Waals surface area contributed by atoms with E-state index < -0.39 is 20.0 Å². The molecule has 0 saturated carbocycles. The van der Waals surface area contributed by atoms with Gasteiger partial charge in [-0.3, -0.25) is 4.72 Å². The molecule has 0 atom stereocenters. The van der Waals surface area contributed by atoms with Crippen LogP contribution in [0.2, 0.25) is 0 Å². The van der Waals surface area contributed by atoms with Crippen LogP contribution in [-0.4, -0.2) is 54.6 Å². The van der Waals surface area contributed by atoms with E-state index in [9.17, 15) is 16.8 Å². The number of methoxy groups -OCH3 is 1. The third kappa shape index (κ3) is 4.24. The predicted octanol–water partition coefficient (Wildman–Crippen LogP) is 1.52. The minimum atomic E-state index is -3.95. The average Bonchev–Trinajstić information content (AvgIpc) is 2.68. The molecule has 2 aromatic rings. The van der Waals surface area contributed by atoms with E-state index >= 15 is 0 Å². The molecule has 0 aromatic heterocycles. The van der Waals surface area contributed by atoms with Crippen LogP contribution in [0.15, 0.2) is 58.3 Å². The first-order chi connectivity index (χ1) is 12.8. The molecule has 1 heterocycles. The highest BCUT2D eigenvalue weighted by Crippen LogP contribution is 2.27. The van der Waals surface area contributed by atoms with Gasteiger partial charge in [-0.2, -0.15) is 4.31 Å². The van der Waals surface area contributed by atoms with Crippen LogP contribution in [-0.2, 0) is 24.8 Å². The van der Waals surface area contributed by atoms with Crippen LogP contribution in [0, 0.1) is 0 Å². The lowest BCUT2D eigenvalue weighted by Crippen LogP contribution is -2.40. The van der Waals surface area contributed by atoms with Crippen LogP contribution in [0.25, 0.3) is 0 Å². The monoisotopic (exact) mass is 412 g/mol. The molecular formula is C17H20N2O6S2. The number of benzene rings is 2. The molecule has 1 aliphatic rings. The summed E-state index contributed by atoms with van der Waals surface area (Å²) < 4.78 is 64.9. The van der Waals surface area contributed by atoms with Gasteiger partial charge in [-0.05, 0) is 30.3 Å². The fraction of sp³-hybridized carbons (Fsp3) is 0.294. The lowest BCUT2D eigenvalue weighted by Gasteiger charge is -2.26. The van der Waals surface area contributed by atoms with Crippen molar-refractivity contribution in [1.82, 2.24) is 4.31 Å². The molecule has 27 heavy (non-hydrogen) atoms. The number of sulfonamides is 2. The molecule has 1 N–H and O–H groups in total. The highest BCUT2D eigenvalue weighted by Gasteiger charge is 2.27.